The summed E-state index contributed by atoms with van der Waals surface area (Å²) in [5.74, 6) is 0.0426. The van der Waals surface area contributed by atoms with E-state index >= 15 is 0 Å². The Morgan fingerprint density at radius 1 is 1.06 bits per heavy atom. The number of nitrogens with one attached hydrogen (secondary N) is 1. The molecule has 8 nitrogen and oxygen atoms in total. The lowest BCUT2D eigenvalue weighted by molar-refractivity contribution is -0.119. The Kier molecular flexibility index (Phi) is 5.61. The van der Waals surface area contributed by atoms with Crippen LogP contribution in [0.1, 0.15) is 21.6 Å². The zero-order chi connectivity index (χ0) is 21.8. The molecule has 1 N–H and O–H groups in total. The molecule has 0 aliphatic carbocycles. The molecule has 0 fully saturated rings. The summed E-state index contributed by atoms with van der Waals surface area (Å²) in [5.41, 5.74) is 3.81. The Morgan fingerprint density at radius 3 is 2.48 bits per heavy atom. The van der Waals surface area contributed by atoms with Crippen LogP contribution < -0.4 is 5.32 Å². The van der Waals surface area contributed by atoms with Crippen LogP contribution in [-0.4, -0.2) is 33.2 Å². The summed E-state index contributed by atoms with van der Waals surface area (Å²) in [6, 6.07) is 16.2. The number of ether oxygens (including phenoxy) is 1. The Morgan fingerprint density at radius 2 is 1.81 bits per heavy atom. The van der Waals surface area contributed by atoms with Gasteiger partial charge < -0.3 is 14.5 Å². The first kappa shape index (κ1) is 20.1. The minimum Gasteiger partial charge on any atom is -0.452 e. The Hall–Kier alpha value is -4.20. The minimum absolute atomic E-state index is 0.330. The number of aromatic nitrogens is 3. The summed E-state index contributed by atoms with van der Waals surface area (Å²) in [6.45, 7) is 3.42. The fraction of sp³-hybridized carbons (Fsp3) is 0.130. The van der Waals surface area contributed by atoms with E-state index in [4.69, 9.17) is 9.15 Å². The number of amides is 1. The lowest BCUT2D eigenvalue weighted by atomic mass is 10.1. The van der Waals surface area contributed by atoms with Crippen molar-refractivity contribution >= 4 is 17.7 Å². The maximum atomic E-state index is 12.4. The van der Waals surface area contributed by atoms with Crippen LogP contribution in [0.3, 0.4) is 0 Å². The second-order valence-corrected chi connectivity index (χ2v) is 6.99. The molecular formula is C23H20N4O4. The van der Waals surface area contributed by atoms with Crippen LogP contribution in [0.2, 0.25) is 0 Å². The summed E-state index contributed by atoms with van der Waals surface area (Å²) in [7, 11) is 0. The van der Waals surface area contributed by atoms with Gasteiger partial charge in [-0.3, -0.25) is 4.79 Å². The van der Waals surface area contributed by atoms with E-state index in [1.165, 1.54) is 6.39 Å². The normalized spacial score (nSPS) is 10.6. The smallest absolute Gasteiger partial charge is 0.338 e. The summed E-state index contributed by atoms with van der Waals surface area (Å²) in [6.07, 6.45) is 2.92. The van der Waals surface area contributed by atoms with Crippen molar-refractivity contribution in [1.82, 2.24) is 14.8 Å². The topological polar surface area (TPSA) is 99.2 Å². The van der Waals surface area contributed by atoms with Gasteiger partial charge in [-0.05, 0) is 38.1 Å². The maximum absolute atomic E-state index is 12.4. The van der Waals surface area contributed by atoms with Gasteiger partial charge in [-0.25, -0.2) is 14.5 Å². The number of aryl methyl sites for hydroxylation is 2. The Labute approximate surface area is 178 Å². The van der Waals surface area contributed by atoms with Crippen LogP contribution in [0, 0.1) is 13.8 Å². The van der Waals surface area contributed by atoms with Crippen molar-refractivity contribution in [2.45, 2.75) is 13.8 Å². The van der Waals surface area contributed by atoms with Gasteiger partial charge in [0.25, 0.3) is 5.91 Å². The van der Waals surface area contributed by atoms with Crippen molar-refractivity contribution in [2.24, 2.45) is 0 Å². The maximum Gasteiger partial charge on any atom is 0.338 e. The first-order valence-electron chi connectivity index (χ1n) is 9.59. The van der Waals surface area contributed by atoms with Gasteiger partial charge >= 0.3 is 5.97 Å². The highest BCUT2D eigenvalue weighted by molar-refractivity contribution is 5.95. The molecule has 0 aliphatic rings. The van der Waals surface area contributed by atoms with E-state index in [0.717, 1.165) is 22.5 Å². The molecule has 0 radical (unpaired) electrons. The predicted octanol–water partition coefficient (Wildman–Crippen LogP) is 3.94. The fourth-order valence-corrected chi connectivity index (χ4v) is 2.99. The summed E-state index contributed by atoms with van der Waals surface area (Å²) < 4.78 is 12.0. The molecule has 2 aromatic carbocycles. The number of rotatable bonds is 6. The van der Waals surface area contributed by atoms with Crippen LogP contribution in [0.15, 0.2) is 71.6 Å². The molecule has 0 bridgehead atoms. The number of benzene rings is 2. The summed E-state index contributed by atoms with van der Waals surface area (Å²) in [4.78, 5) is 28.5. The lowest BCUT2D eigenvalue weighted by Gasteiger charge is -2.10. The SMILES string of the molecule is Cc1ccc(-n2nc(C)cc2NC(=O)COC(=O)c2ccc(-c3cnco3)cc2)cc1. The predicted molar refractivity (Wildman–Crippen MR) is 114 cm³/mol. The molecule has 2 heterocycles. The third kappa shape index (κ3) is 4.69. The number of nitrogens with zero attached hydrogens (tertiary/aromatic N) is 3. The highest BCUT2D eigenvalue weighted by Gasteiger charge is 2.14. The van der Waals surface area contributed by atoms with Gasteiger partial charge in [0.1, 0.15) is 5.82 Å². The van der Waals surface area contributed by atoms with Gasteiger partial charge in [0.05, 0.1) is 23.1 Å². The van der Waals surface area contributed by atoms with Gasteiger partial charge in [0.15, 0.2) is 18.8 Å². The zero-order valence-electron chi connectivity index (χ0n) is 17.0. The van der Waals surface area contributed by atoms with Crippen molar-refractivity contribution in [3.8, 4) is 17.0 Å². The lowest BCUT2D eigenvalue weighted by Crippen LogP contribution is -2.22. The molecule has 2 aromatic heterocycles. The monoisotopic (exact) mass is 416 g/mol. The Balaban J connectivity index is 1.37. The molecular weight excluding hydrogens is 396 g/mol. The number of hydrogen-bond acceptors (Lipinski definition) is 6. The van der Waals surface area contributed by atoms with E-state index in [9.17, 15) is 9.59 Å². The van der Waals surface area contributed by atoms with Crippen LogP contribution >= 0.6 is 0 Å². The van der Waals surface area contributed by atoms with E-state index in [0.29, 0.717) is 17.1 Å². The second kappa shape index (κ2) is 8.66. The van der Waals surface area contributed by atoms with Gasteiger partial charge in [-0.2, -0.15) is 5.10 Å². The first-order valence-corrected chi connectivity index (χ1v) is 9.59. The van der Waals surface area contributed by atoms with Crippen molar-refractivity contribution in [1.29, 1.82) is 0 Å². The van der Waals surface area contributed by atoms with Gasteiger partial charge in [-0.15, -0.1) is 0 Å². The molecule has 0 atom stereocenters. The van der Waals surface area contributed by atoms with Gasteiger partial charge in [0.2, 0.25) is 0 Å². The second-order valence-electron chi connectivity index (χ2n) is 6.99. The standard InChI is InChI=1S/C23H20N4O4/c1-15-3-9-19(10-4-15)27-21(11-16(2)26-27)25-22(28)13-30-23(29)18-7-5-17(6-8-18)20-12-24-14-31-20/h3-12,14H,13H2,1-2H3,(H,25,28). The molecule has 0 aliphatic heterocycles. The number of carbonyl (C=O) groups excluding carboxylic acids is 2. The molecule has 0 saturated heterocycles. The first-order chi connectivity index (χ1) is 15.0. The number of anilines is 1. The average molecular weight is 416 g/mol. The van der Waals surface area contributed by atoms with E-state index in [1.807, 2.05) is 38.1 Å². The van der Waals surface area contributed by atoms with Crippen LogP contribution in [0.25, 0.3) is 17.0 Å². The quantitative estimate of drug-likeness (QED) is 0.478. The highest BCUT2D eigenvalue weighted by Crippen LogP contribution is 2.20. The molecule has 31 heavy (non-hydrogen) atoms. The number of carbonyl (C=O) groups is 2. The minimum atomic E-state index is -0.595. The van der Waals surface area contributed by atoms with E-state index < -0.39 is 18.5 Å². The molecule has 4 rings (SSSR count). The van der Waals surface area contributed by atoms with E-state index in [-0.39, 0.29) is 0 Å². The molecule has 156 valence electrons. The largest absolute Gasteiger partial charge is 0.452 e. The van der Waals surface area contributed by atoms with Crippen LogP contribution in [0.5, 0.6) is 0 Å². The van der Waals surface area contributed by atoms with Gasteiger partial charge in [-0.1, -0.05) is 29.8 Å². The Bertz CT molecular complexity index is 1190. The van der Waals surface area contributed by atoms with E-state index in [2.05, 4.69) is 15.4 Å². The summed E-state index contributed by atoms with van der Waals surface area (Å²) in [5, 5.41) is 7.16. The van der Waals surface area contributed by atoms with Crippen LogP contribution in [-0.2, 0) is 9.53 Å². The fourth-order valence-electron chi connectivity index (χ4n) is 2.99. The molecule has 1 amide bonds. The van der Waals surface area contributed by atoms with Crippen molar-refractivity contribution in [2.75, 3.05) is 11.9 Å². The molecule has 4 aromatic rings. The van der Waals surface area contributed by atoms with Crippen molar-refractivity contribution in [3.05, 3.63) is 84.0 Å². The molecule has 0 spiro atoms. The highest BCUT2D eigenvalue weighted by atomic mass is 16.5. The van der Waals surface area contributed by atoms with Crippen molar-refractivity contribution in [3.63, 3.8) is 0 Å². The number of esters is 1. The third-order valence-electron chi connectivity index (χ3n) is 4.55. The molecule has 8 heteroatoms. The zero-order valence-corrected chi connectivity index (χ0v) is 17.0. The molecule has 0 unspecified atom stereocenters. The van der Waals surface area contributed by atoms with Crippen LogP contribution in [0.4, 0.5) is 5.82 Å². The summed E-state index contributed by atoms with van der Waals surface area (Å²) >= 11 is 0. The number of hydrogen-bond donors (Lipinski definition) is 1. The van der Waals surface area contributed by atoms with Crippen molar-refractivity contribution < 1.29 is 18.7 Å². The number of oxazole rings is 1. The third-order valence-corrected chi connectivity index (χ3v) is 4.55. The average Bonchev–Trinajstić information content (AvgIpc) is 3.43. The van der Waals surface area contributed by atoms with E-state index in [1.54, 1.807) is 41.2 Å². The molecule has 0 saturated carbocycles. The van der Waals surface area contributed by atoms with Gasteiger partial charge in [0, 0.05) is 11.6 Å².